The smallest absolute Gasteiger partial charge is 0.414 e. The van der Waals surface area contributed by atoms with Crippen LogP contribution in [0, 0.1) is 0 Å². The maximum Gasteiger partial charge on any atom is 0.414 e. The molecule has 2 atom stereocenters. The first-order valence-electron chi connectivity index (χ1n) is 13.6. The summed E-state index contributed by atoms with van der Waals surface area (Å²) >= 11 is 0. The van der Waals surface area contributed by atoms with Gasteiger partial charge in [-0.2, -0.15) is 0 Å². The molecule has 0 fully saturated rings. The minimum atomic E-state index is -0.718. The molecule has 0 N–H and O–H groups in total. The van der Waals surface area contributed by atoms with Crippen LogP contribution in [0.15, 0.2) is 72.8 Å². The molecule has 42 heavy (non-hydrogen) atoms. The highest BCUT2D eigenvalue weighted by molar-refractivity contribution is 6.03. The van der Waals surface area contributed by atoms with E-state index in [0.717, 1.165) is 0 Å². The molecule has 0 aliphatic carbocycles. The minimum Gasteiger partial charge on any atom is -0.454 e. The first-order chi connectivity index (χ1) is 20.0. The normalized spacial score (nSPS) is 12.0. The molecule has 0 saturated heterocycles. The van der Waals surface area contributed by atoms with Gasteiger partial charge in [0.25, 0.3) is 0 Å². The number of ether oxygens (including phenoxy) is 4. The number of hydrogen-bond donors (Lipinski definition) is 0. The van der Waals surface area contributed by atoms with Crippen LogP contribution in [-0.4, -0.2) is 61.1 Å². The largest absolute Gasteiger partial charge is 0.454 e. The molecule has 2 unspecified atom stereocenters. The molecule has 0 aliphatic heterocycles. The van der Waals surface area contributed by atoms with Gasteiger partial charge in [-0.15, -0.1) is 0 Å². The molecule has 3 aromatic carbocycles. The fourth-order valence-electron chi connectivity index (χ4n) is 3.70. The Labute approximate surface area is 245 Å². The predicted octanol–water partition coefficient (Wildman–Crippen LogP) is 6.42. The lowest BCUT2D eigenvalue weighted by atomic mass is 10.1. The molecule has 2 amide bonds. The maximum atomic E-state index is 13.2. The number of nitrogens with zero attached hydrogens (tertiary/aromatic N) is 2. The highest BCUT2D eigenvalue weighted by Gasteiger charge is 2.24. The third-order valence-electron chi connectivity index (χ3n) is 6.57. The van der Waals surface area contributed by atoms with Crippen LogP contribution in [0.3, 0.4) is 0 Å². The summed E-state index contributed by atoms with van der Waals surface area (Å²) in [7, 11) is 3.25. The van der Waals surface area contributed by atoms with E-state index in [1.807, 2.05) is 13.8 Å². The van der Waals surface area contributed by atoms with Crippen molar-refractivity contribution >= 4 is 24.1 Å². The molecule has 0 saturated carbocycles. The Balaban J connectivity index is 1.70. The quantitative estimate of drug-likeness (QED) is 0.254. The van der Waals surface area contributed by atoms with E-state index in [2.05, 4.69) is 0 Å². The topological polar surface area (TPSA) is 112 Å². The average Bonchev–Trinajstić information content (AvgIpc) is 3.00. The summed E-state index contributed by atoms with van der Waals surface area (Å²) in [5, 5.41) is 0. The summed E-state index contributed by atoms with van der Waals surface area (Å²) in [6.07, 6.45) is -2.42. The van der Waals surface area contributed by atoms with E-state index in [1.54, 1.807) is 88.6 Å². The Bertz CT molecular complexity index is 1320. The first kappa shape index (κ1) is 31.7. The van der Waals surface area contributed by atoms with Gasteiger partial charge in [0.1, 0.15) is 23.7 Å². The summed E-state index contributed by atoms with van der Waals surface area (Å²) in [5.74, 6) is -0.806. The molecular weight excluding hydrogens is 540 g/mol. The van der Waals surface area contributed by atoms with Crippen molar-refractivity contribution < 1.29 is 38.1 Å². The van der Waals surface area contributed by atoms with Gasteiger partial charge in [0.2, 0.25) is 0 Å². The molecule has 0 heterocycles. The third-order valence-corrected chi connectivity index (χ3v) is 6.57. The van der Waals surface area contributed by atoms with Crippen molar-refractivity contribution in [2.75, 3.05) is 27.2 Å². The van der Waals surface area contributed by atoms with E-state index in [9.17, 15) is 19.2 Å². The van der Waals surface area contributed by atoms with E-state index < -0.39 is 36.3 Å². The monoisotopic (exact) mass is 576 g/mol. The maximum absolute atomic E-state index is 13.2. The third kappa shape index (κ3) is 8.33. The summed E-state index contributed by atoms with van der Waals surface area (Å²) in [6, 6.07) is 19.6. The predicted molar refractivity (Wildman–Crippen MR) is 156 cm³/mol. The van der Waals surface area contributed by atoms with Crippen molar-refractivity contribution in [3.8, 4) is 11.5 Å². The van der Waals surface area contributed by atoms with Gasteiger partial charge in [-0.05, 0) is 75.2 Å². The molecule has 0 bridgehead atoms. The molecular formula is C32H36N2O8. The van der Waals surface area contributed by atoms with Crippen LogP contribution in [-0.2, 0) is 9.47 Å². The Hall–Kier alpha value is -4.86. The summed E-state index contributed by atoms with van der Waals surface area (Å²) in [6.45, 7) is 8.00. The van der Waals surface area contributed by atoms with Crippen molar-refractivity contribution in [2.45, 2.75) is 39.9 Å². The minimum absolute atomic E-state index is 0.0407. The second kappa shape index (κ2) is 14.7. The van der Waals surface area contributed by atoms with E-state index in [4.69, 9.17) is 18.9 Å². The summed E-state index contributed by atoms with van der Waals surface area (Å²) in [5.41, 5.74) is 1.29. The van der Waals surface area contributed by atoms with Crippen LogP contribution in [0.25, 0.3) is 0 Å². The second-order valence-electron chi connectivity index (χ2n) is 9.55. The molecule has 10 nitrogen and oxygen atoms in total. The fourth-order valence-corrected chi connectivity index (χ4v) is 3.70. The van der Waals surface area contributed by atoms with Crippen LogP contribution in [0.5, 0.6) is 11.5 Å². The Kier molecular flexibility index (Phi) is 11.1. The zero-order valence-electron chi connectivity index (χ0n) is 24.7. The van der Waals surface area contributed by atoms with Crippen molar-refractivity contribution in [1.82, 2.24) is 9.80 Å². The number of benzene rings is 3. The summed E-state index contributed by atoms with van der Waals surface area (Å²) in [4.78, 5) is 53.4. The van der Waals surface area contributed by atoms with Crippen molar-refractivity contribution in [1.29, 1.82) is 0 Å². The first-order valence-corrected chi connectivity index (χ1v) is 13.6. The number of amides is 2. The molecule has 0 radical (unpaired) electrons. The second-order valence-corrected chi connectivity index (χ2v) is 9.55. The van der Waals surface area contributed by atoms with Crippen molar-refractivity contribution in [2.24, 2.45) is 0 Å². The molecule has 222 valence electrons. The Morgan fingerprint density at radius 3 is 1.36 bits per heavy atom. The highest BCUT2D eigenvalue weighted by atomic mass is 16.6. The molecule has 0 aliphatic rings. The number of carbonyl (C=O) groups is 4. The summed E-state index contributed by atoms with van der Waals surface area (Å²) < 4.78 is 22.1. The molecule has 10 heteroatoms. The van der Waals surface area contributed by atoms with Crippen LogP contribution in [0.1, 0.15) is 71.7 Å². The van der Waals surface area contributed by atoms with Gasteiger partial charge in [0, 0.05) is 27.2 Å². The Morgan fingerprint density at radius 2 is 1.00 bits per heavy atom. The van der Waals surface area contributed by atoms with Gasteiger partial charge in [-0.1, -0.05) is 36.4 Å². The SMILES string of the molecule is CCN(C)C(=O)Oc1cccc(C(C)OC(=O)c2ccccc2C(=O)OC(C)c2cccc(OC(=O)N(C)CC)c2)c1. The van der Waals surface area contributed by atoms with E-state index in [1.165, 1.54) is 21.9 Å². The van der Waals surface area contributed by atoms with Crippen molar-refractivity contribution in [3.63, 3.8) is 0 Å². The van der Waals surface area contributed by atoms with Crippen molar-refractivity contribution in [3.05, 3.63) is 95.1 Å². The Morgan fingerprint density at radius 1 is 0.619 bits per heavy atom. The van der Waals surface area contributed by atoms with Gasteiger partial charge in [0.05, 0.1) is 11.1 Å². The van der Waals surface area contributed by atoms with Crippen LogP contribution in [0.4, 0.5) is 9.59 Å². The van der Waals surface area contributed by atoms with Gasteiger partial charge in [-0.25, -0.2) is 19.2 Å². The zero-order valence-corrected chi connectivity index (χ0v) is 24.7. The number of hydrogen-bond acceptors (Lipinski definition) is 8. The highest BCUT2D eigenvalue weighted by Crippen LogP contribution is 2.26. The molecule has 3 aromatic rings. The van der Waals surface area contributed by atoms with E-state index in [0.29, 0.717) is 35.7 Å². The van der Waals surface area contributed by atoms with Gasteiger partial charge >= 0.3 is 24.1 Å². The average molecular weight is 577 g/mol. The van der Waals surface area contributed by atoms with Gasteiger partial charge in [0.15, 0.2) is 0 Å². The number of rotatable bonds is 10. The van der Waals surface area contributed by atoms with E-state index in [-0.39, 0.29) is 11.1 Å². The van der Waals surface area contributed by atoms with Gasteiger partial charge < -0.3 is 28.7 Å². The standard InChI is InChI=1S/C32H36N2O8/c1-7-33(5)31(37)41-25-15-11-13-23(19-25)21(3)39-29(35)27-17-9-10-18-28(27)30(36)40-22(4)24-14-12-16-26(20-24)42-32(38)34(6)8-2/h9-22H,7-8H2,1-6H3. The lowest BCUT2D eigenvalue weighted by molar-refractivity contribution is 0.0288. The van der Waals surface area contributed by atoms with Crippen LogP contribution in [0.2, 0.25) is 0 Å². The van der Waals surface area contributed by atoms with Crippen LogP contribution < -0.4 is 9.47 Å². The molecule has 0 spiro atoms. The lowest BCUT2D eigenvalue weighted by Gasteiger charge is -2.18. The molecule has 0 aromatic heterocycles. The fraction of sp³-hybridized carbons (Fsp3) is 0.312. The lowest BCUT2D eigenvalue weighted by Crippen LogP contribution is -2.29. The molecule has 3 rings (SSSR count). The number of esters is 2. The van der Waals surface area contributed by atoms with Gasteiger partial charge in [-0.3, -0.25) is 0 Å². The zero-order chi connectivity index (χ0) is 30.8. The van der Waals surface area contributed by atoms with Crippen LogP contribution >= 0.6 is 0 Å². The number of carbonyl (C=O) groups excluding carboxylic acids is 4. The van der Waals surface area contributed by atoms with E-state index >= 15 is 0 Å².